The van der Waals surface area contributed by atoms with Gasteiger partial charge in [-0.05, 0) is 37.6 Å². The van der Waals surface area contributed by atoms with Gasteiger partial charge in [0.25, 0.3) is 10.0 Å². The number of hydrogen-bond donors (Lipinski definition) is 2. The maximum absolute atomic E-state index is 12.4. The van der Waals surface area contributed by atoms with Crippen LogP contribution in [0, 0.1) is 13.8 Å². The Hall–Kier alpha value is -2.01. The number of anilines is 2. The minimum atomic E-state index is -3.57. The third-order valence-corrected chi connectivity index (χ3v) is 4.48. The Morgan fingerprint density at radius 3 is 2.20 bits per heavy atom. The average Bonchev–Trinajstić information content (AvgIpc) is 2.39. The summed E-state index contributed by atoms with van der Waals surface area (Å²) in [4.78, 5) is 0.256. The molecule has 2 aromatic rings. The molecule has 5 heteroatoms. The molecule has 0 saturated carbocycles. The molecule has 106 valence electrons. The molecule has 20 heavy (non-hydrogen) atoms. The van der Waals surface area contributed by atoms with E-state index in [-0.39, 0.29) is 4.90 Å². The van der Waals surface area contributed by atoms with Gasteiger partial charge in [-0.1, -0.05) is 29.8 Å². The van der Waals surface area contributed by atoms with E-state index in [9.17, 15) is 8.42 Å². The summed E-state index contributed by atoms with van der Waals surface area (Å²) in [5, 5.41) is 3.02. The molecule has 0 amide bonds. The van der Waals surface area contributed by atoms with Gasteiger partial charge >= 0.3 is 0 Å². The molecule has 0 unspecified atom stereocenters. The minimum absolute atomic E-state index is 0.256. The van der Waals surface area contributed by atoms with Crippen LogP contribution in [0.2, 0.25) is 0 Å². The largest absolute Gasteiger partial charge is 0.386 e. The van der Waals surface area contributed by atoms with Crippen LogP contribution in [0.1, 0.15) is 11.1 Å². The quantitative estimate of drug-likeness (QED) is 0.909. The number of benzene rings is 2. The van der Waals surface area contributed by atoms with Crippen LogP contribution in [0.15, 0.2) is 47.4 Å². The molecule has 0 atom stereocenters. The summed E-state index contributed by atoms with van der Waals surface area (Å²) >= 11 is 0. The Balaban J connectivity index is 2.38. The molecule has 2 N–H and O–H groups in total. The first kappa shape index (κ1) is 14.4. The molecular formula is C15H18N2O2S. The van der Waals surface area contributed by atoms with E-state index in [2.05, 4.69) is 10.0 Å². The van der Waals surface area contributed by atoms with Crippen LogP contribution in [0.25, 0.3) is 0 Å². The van der Waals surface area contributed by atoms with Gasteiger partial charge in [-0.15, -0.1) is 0 Å². The second-order valence-corrected chi connectivity index (χ2v) is 6.35. The summed E-state index contributed by atoms with van der Waals surface area (Å²) in [6.45, 7) is 3.85. The van der Waals surface area contributed by atoms with Crippen LogP contribution in [0.5, 0.6) is 0 Å². The van der Waals surface area contributed by atoms with Crippen LogP contribution in [-0.4, -0.2) is 15.5 Å². The summed E-state index contributed by atoms with van der Waals surface area (Å²) in [5.41, 5.74) is 3.34. The van der Waals surface area contributed by atoms with E-state index < -0.39 is 10.0 Å². The van der Waals surface area contributed by atoms with E-state index in [4.69, 9.17) is 0 Å². The molecule has 0 aliphatic rings. The van der Waals surface area contributed by atoms with Crippen LogP contribution in [-0.2, 0) is 10.0 Å². The van der Waals surface area contributed by atoms with E-state index in [1.165, 1.54) is 0 Å². The van der Waals surface area contributed by atoms with Gasteiger partial charge in [0.2, 0.25) is 0 Å². The van der Waals surface area contributed by atoms with E-state index >= 15 is 0 Å². The van der Waals surface area contributed by atoms with E-state index in [1.807, 2.05) is 26.0 Å². The molecule has 0 fully saturated rings. The smallest absolute Gasteiger partial charge is 0.261 e. The van der Waals surface area contributed by atoms with Gasteiger partial charge in [0, 0.05) is 7.05 Å². The molecule has 0 radical (unpaired) electrons. The topological polar surface area (TPSA) is 58.2 Å². The maximum atomic E-state index is 12.4. The highest BCUT2D eigenvalue weighted by Gasteiger charge is 2.16. The summed E-state index contributed by atoms with van der Waals surface area (Å²) in [5.74, 6) is 0. The lowest BCUT2D eigenvalue weighted by Gasteiger charge is -2.14. The van der Waals surface area contributed by atoms with Crippen molar-refractivity contribution >= 4 is 21.4 Å². The lowest BCUT2D eigenvalue weighted by molar-refractivity contribution is 0.601. The third-order valence-electron chi connectivity index (χ3n) is 3.10. The Kier molecular flexibility index (Phi) is 3.99. The van der Waals surface area contributed by atoms with Gasteiger partial charge in [-0.25, -0.2) is 8.42 Å². The van der Waals surface area contributed by atoms with Crippen molar-refractivity contribution in [1.82, 2.24) is 0 Å². The molecular weight excluding hydrogens is 272 g/mol. The summed E-state index contributed by atoms with van der Waals surface area (Å²) in [7, 11) is -1.80. The minimum Gasteiger partial charge on any atom is -0.386 e. The van der Waals surface area contributed by atoms with Crippen LogP contribution < -0.4 is 10.0 Å². The number of para-hydroxylation sites is 1. The second kappa shape index (κ2) is 5.54. The van der Waals surface area contributed by atoms with Gasteiger partial charge in [0.05, 0.1) is 16.3 Å². The van der Waals surface area contributed by atoms with E-state index in [1.54, 1.807) is 37.4 Å². The lowest BCUT2D eigenvalue weighted by Crippen LogP contribution is -2.14. The van der Waals surface area contributed by atoms with Crippen LogP contribution in [0.3, 0.4) is 0 Å². The molecule has 2 rings (SSSR count). The van der Waals surface area contributed by atoms with Crippen molar-refractivity contribution in [3.05, 3.63) is 53.6 Å². The SMILES string of the molecule is CNc1c(C)cccc1NS(=O)(=O)c1ccc(C)cc1. The normalized spacial score (nSPS) is 11.2. The number of hydrogen-bond acceptors (Lipinski definition) is 3. The molecule has 0 spiro atoms. The van der Waals surface area contributed by atoms with Crippen molar-refractivity contribution < 1.29 is 8.42 Å². The summed E-state index contributed by atoms with van der Waals surface area (Å²) in [6.07, 6.45) is 0. The predicted octanol–water partition coefficient (Wildman–Crippen LogP) is 3.15. The first-order valence-corrected chi connectivity index (χ1v) is 7.79. The Morgan fingerprint density at radius 1 is 0.950 bits per heavy atom. The predicted molar refractivity (Wildman–Crippen MR) is 82.7 cm³/mol. The fourth-order valence-electron chi connectivity index (χ4n) is 2.01. The average molecular weight is 290 g/mol. The van der Waals surface area contributed by atoms with Gasteiger partial charge in [-0.2, -0.15) is 0 Å². The van der Waals surface area contributed by atoms with Crippen molar-refractivity contribution in [3.8, 4) is 0 Å². The molecule has 0 saturated heterocycles. The number of sulfonamides is 1. The molecule has 2 aromatic carbocycles. The first-order chi connectivity index (χ1) is 9.44. The van der Waals surface area contributed by atoms with Gasteiger partial charge in [0.15, 0.2) is 0 Å². The first-order valence-electron chi connectivity index (χ1n) is 6.31. The molecule has 0 aliphatic carbocycles. The number of aryl methyl sites for hydroxylation is 2. The third kappa shape index (κ3) is 2.93. The zero-order chi connectivity index (χ0) is 14.8. The van der Waals surface area contributed by atoms with Crippen molar-refractivity contribution in [3.63, 3.8) is 0 Å². The van der Waals surface area contributed by atoms with E-state index in [0.717, 1.165) is 16.8 Å². The fourth-order valence-corrected chi connectivity index (χ4v) is 3.08. The molecule has 0 aromatic heterocycles. The zero-order valence-corrected chi connectivity index (χ0v) is 12.6. The van der Waals surface area contributed by atoms with Crippen LogP contribution in [0.4, 0.5) is 11.4 Å². The second-order valence-electron chi connectivity index (χ2n) is 4.67. The van der Waals surface area contributed by atoms with Gasteiger partial charge in [0.1, 0.15) is 0 Å². The Bertz CT molecular complexity index is 707. The van der Waals surface area contributed by atoms with Crippen molar-refractivity contribution in [2.45, 2.75) is 18.7 Å². The highest BCUT2D eigenvalue weighted by Crippen LogP contribution is 2.27. The molecule has 0 bridgehead atoms. The highest BCUT2D eigenvalue weighted by atomic mass is 32.2. The van der Waals surface area contributed by atoms with E-state index in [0.29, 0.717) is 5.69 Å². The zero-order valence-electron chi connectivity index (χ0n) is 11.8. The number of nitrogens with one attached hydrogen (secondary N) is 2. The highest BCUT2D eigenvalue weighted by molar-refractivity contribution is 7.92. The number of rotatable bonds is 4. The maximum Gasteiger partial charge on any atom is 0.261 e. The molecule has 0 heterocycles. The van der Waals surface area contributed by atoms with Crippen molar-refractivity contribution in [2.24, 2.45) is 0 Å². The fraction of sp³-hybridized carbons (Fsp3) is 0.200. The Labute approximate surface area is 119 Å². The monoisotopic (exact) mass is 290 g/mol. The van der Waals surface area contributed by atoms with Crippen LogP contribution >= 0.6 is 0 Å². The van der Waals surface area contributed by atoms with Gasteiger partial charge < -0.3 is 5.32 Å². The van der Waals surface area contributed by atoms with Crippen molar-refractivity contribution in [1.29, 1.82) is 0 Å². The van der Waals surface area contributed by atoms with Crippen molar-refractivity contribution in [2.75, 3.05) is 17.1 Å². The lowest BCUT2D eigenvalue weighted by atomic mass is 10.2. The summed E-state index contributed by atoms with van der Waals surface area (Å²) < 4.78 is 27.3. The summed E-state index contributed by atoms with van der Waals surface area (Å²) in [6, 6.07) is 12.3. The van der Waals surface area contributed by atoms with Gasteiger partial charge in [-0.3, -0.25) is 4.72 Å². The molecule has 0 aliphatic heterocycles. The standard InChI is InChI=1S/C15H18N2O2S/c1-11-7-9-13(10-8-11)20(18,19)17-14-6-4-5-12(2)15(14)16-3/h4-10,16-17H,1-3H3. The Morgan fingerprint density at radius 2 is 1.60 bits per heavy atom. The molecule has 4 nitrogen and oxygen atoms in total.